The Morgan fingerprint density at radius 2 is 2.19 bits per heavy atom. The Labute approximate surface area is 107 Å². The molecule has 0 aliphatic heterocycles. The third-order valence-corrected chi connectivity index (χ3v) is 3.67. The second-order valence-corrected chi connectivity index (χ2v) is 5.76. The third-order valence-electron chi connectivity index (χ3n) is 3.12. The Morgan fingerprint density at radius 1 is 1.50 bits per heavy atom. The van der Waals surface area contributed by atoms with Gasteiger partial charge in [-0.05, 0) is 39.0 Å². The first-order valence-corrected chi connectivity index (χ1v) is 7.19. The van der Waals surface area contributed by atoms with Crippen LogP contribution in [0.3, 0.4) is 0 Å². The largest absolute Gasteiger partial charge is 0.367 e. The fourth-order valence-electron chi connectivity index (χ4n) is 2.37. The van der Waals surface area contributed by atoms with Gasteiger partial charge < -0.3 is 9.84 Å². The summed E-state index contributed by atoms with van der Waals surface area (Å²) in [6.45, 7) is 6.50. The van der Waals surface area contributed by atoms with Crippen LogP contribution in [0.4, 0.5) is 0 Å². The van der Waals surface area contributed by atoms with Crippen LogP contribution in [0.25, 0.3) is 0 Å². The van der Waals surface area contributed by atoms with Crippen molar-refractivity contribution in [3.05, 3.63) is 11.6 Å². The van der Waals surface area contributed by atoms with Gasteiger partial charge >= 0.3 is 0 Å². The van der Waals surface area contributed by atoms with Gasteiger partial charge in [0.15, 0.2) is 6.29 Å². The molecule has 16 heavy (non-hydrogen) atoms. The molecule has 0 radical (unpaired) electrons. The molecule has 2 nitrogen and oxygen atoms in total. The molecule has 0 aromatic carbocycles. The number of alkyl halides is 1. The van der Waals surface area contributed by atoms with Crippen molar-refractivity contribution >= 4 is 15.9 Å². The van der Waals surface area contributed by atoms with Crippen molar-refractivity contribution in [2.75, 3.05) is 5.33 Å². The van der Waals surface area contributed by atoms with Crippen molar-refractivity contribution in [2.45, 2.75) is 52.4 Å². The van der Waals surface area contributed by atoms with Crippen LogP contribution in [0.15, 0.2) is 11.6 Å². The zero-order chi connectivity index (χ0) is 12.1. The summed E-state index contributed by atoms with van der Waals surface area (Å²) < 4.78 is 5.69. The first-order chi connectivity index (χ1) is 7.52. The van der Waals surface area contributed by atoms with Gasteiger partial charge in [-0.15, -0.1) is 0 Å². The zero-order valence-corrected chi connectivity index (χ0v) is 12.0. The molecule has 1 fully saturated rings. The SMILES string of the molecule is CC(C)=CC1CC[C@@H](C)C[C@H]1OC(O)CBr. The summed E-state index contributed by atoms with van der Waals surface area (Å²) in [4.78, 5) is 0. The Hall–Kier alpha value is 0.140. The second-order valence-electron chi connectivity index (χ2n) is 5.11. The monoisotopic (exact) mass is 290 g/mol. The summed E-state index contributed by atoms with van der Waals surface area (Å²) in [7, 11) is 0. The van der Waals surface area contributed by atoms with Crippen LogP contribution >= 0.6 is 15.9 Å². The summed E-state index contributed by atoms with van der Waals surface area (Å²) >= 11 is 3.24. The molecule has 1 rings (SSSR count). The molecular weight excluding hydrogens is 268 g/mol. The molecule has 94 valence electrons. The summed E-state index contributed by atoms with van der Waals surface area (Å²) in [5, 5.41) is 10.0. The molecule has 0 amide bonds. The molecule has 0 bridgehead atoms. The van der Waals surface area contributed by atoms with Crippen molar-refractivity contribution < 1.29 is 9.84 Å². The van der Waals surface area contributed by atoms with E-state index < -0.39 is 6.29 Å². The number of hydrogen-bond acceptors (Lipinski definition) is 2. The van der Waals surface area contributed by atoms with Crippen molar-refractivity contribution in [3.63, 3.8) is 0 Å². The smallest absolute Gasteiger partial charge is 0.164 e. The molecule has 0 saturated heterocycles. The molecule has 1 saturated carbocycles. The highest BCUT2D eigenvalue weighted by Crippen LogP contribution is 2.33. The summed E-state index contributed by atoms with van der Waals surface area (Å²) in [6.07, 6.45) is 5.27. The van der Waals surface area contributed by atoms with Gasteiger partial charge in [-0.2, -0.15) is 0 Å². The lowest BCUT2D eigenvalue weighted by atomic mass is 9.80. The Balaban J connectivity index is 2.61. The van der Waals surface area contributed by atoms with Gasteiger partial charge in [0.25, 0.3) is 0 Å². The van der Waals surface area contributed by atoms with Crippen molar-refractivity contribution in [2.24, 2.45) is 11.8 Å². The van der Waals surface area contributed by atoms with Crippen molar-refractivity contribution in [1.29, 1.82) is 0 Å². The average molecular weight is 291 g/mol. The van der Waals surface area contributed by atoms with Gasteiger partial charge in [0.2, 0.25) is 0 Å². The number of allylic oxidation sites excluding steroid dienone is 1. The lowest BCUT2D eigenvalue weighted by Gasteiger charge is -2.34. The summed E-state index contributed by atoms with van der Waals surface area (Å²) in [6, 6.07) is 0. The maximum absolute atomic E-state index is 9.56. The predicted molar refractivity (Wildman–Crippen MR) is 70.6 cm³/mol. The lowest BCUT2D eigenvalue weighted by molar-refractivity contribution is -0.144. The van der Waals surface area contributed by atoms with Crippen LogP contribution in [0.5, 0.6) is 0 Å². The van der Waals surface area contributed by atoms with Crippen LogP contribution < -0.4 is 0 Å². The van der Waals surface area contributed by atoms with Crippen LogP contribution in [0, 0.1) is 11.8 Å². The van der Waals surface area contributed by atoms with E-state index in [4.69, 9.17) is 4.74 Å². The van der Waals surface area contributed by atoms with Gasteiger partial charge in [0.05, 0.1) is 11.4 Å². The standard InChI is InChI=1S/C13H23BrO2/c1-9(2)6-11-5-4-10(3)7-12(11)16-13(15)8-14/h6,10-13,15H,4-5,7-8H2,1-3H3/t10-,11?,12-,13?/m1/s1. The molecular formula is C13H23BrO2. The number of ether oxygens (including phenoxy) is 1. The second kappa shape index (κ2) is 6.77. The number of aliphatic hydroxyl groups excluding tert-OH is 1. The van der Waals surface area contributed by atoms with Gasteiger partial charge in [-0.3, -0.25) is 0 Å². The molecule has 1 N–H and O–H groups in total. The third kappa shape index (κ3) is 4.56. The van der Waals surface area contributed by atoms with E-state index in [1.165, 1.54) is 18.4 Å². The van der Waals surface area contributed by atoms with Crippen LogP contribution in [-0.4, -0.2) is 22.8 Å². The quantitative estimate of drug-likeness (QED) is 0.488. The Bertz CT molecular complexity index is 236. The highest BCUT2D eigenvalue weighted by Gasteiger charge is 2.29. The van der Waals surface area contributed by atoms with E-state index in [1.807, 2.05) is 0 Å². The molecule has 4 atom stereocenters. The zero-order valence-electron chi connectivity index (χ0n) is 10.4. The van der Waals surface area contributed by atoms with Gasteiger partial charge in [-0.25, -0.2) is 0 Å². The first kappa shape index (κ1) is 14.2. The van der Waals surface area contributed by atoms with Crippen LogP contribution in [0.1, 0.15) is 40.0 Å². The predicted octanol–water partition coefficient (Wildman–Crippen LogP) is 3.49. The van der Waals surface area contributed by atoms with E-state index in [0.29, 0.717) is 17.2 Å². The van der Waals surface area contributed by atoms with Crippen molar-refractivity contribution in [3.8, 4) is 0 Å². The van der Waals surface area contributed by atoms with E-state index in [1.54, 1.807) is 0 Å². The molecule has 0 heterocycles. The normalized spacial score (nSPS) is 32.2. The van der Waals surface area contributed by atoms with Gasteiger partial charge in [0.1, 0.15) is 0 Å². The molecule has 0 aromatic rings. The fourth-order valence-corrected chi connectivity index (χ4v) is 2.52. The molecule has 1 aliphatic carbocycles. The number of halogens is 1. The van der Waals surface area contributed by atoms with E-state index in [2.05, 4.69) is 42.8 Å². The van der Waals surface area contributed by atoms with Crippen molar-refractivity contribution in [1.82, 2.24) is 0 Å². The summed E-state index contributed by atoms with van der Waals surface area (Å²) in [5.41, 5.74) is 1.33. The lowest BCUT2D eigenvalue weighted by Crippen LogP contribution is -2.34. The Kier molecular flexibility index (Phi) is 6.01. The minimum atomic E-state index is -0.677. The average Bonchev–Trinajstić information content (AvgIpc) is 2.21. The van der Waals surface area contributed by atoms with Gasteiger partial charge in [-0.1, -0.05) is 34.5 Å². The number of rotatable bonds is 4. The maximum Gasteiger partial charge on any atom is 0.164 e. The molecule has 3 heteroatoms. The molecule has 0 spiro atoms. The highest BCUT2D eigenvalue weighted by atomic mass is 79.9. The highest BCUT2D eigenvalue weighted by molar-refractivity contribution is 9.09. The Morgan fingerprint density at radius 3 is 2.75 bits per heavy atom. The van der Waals surface area contributed by atoms with E-state index in [9.17, 15) is 5.11 Å². The maximum atomic E-state index is 9.56. The minimum absolute atomic E-state index is 0.172. The summed E-state index contributed by atoms with van der Waals surface area (Å²) in [5.74, 6) is 1.17. The van der Waals surface area contributed by atoms with E-state index in [-0.39, 0.29) is 6.10 Å². The van der Waals surface area contributed by atoms with E-state index >= 15 is 0 Å². The van der Waals surface area contributed by atoms with E-state index in [0.717, 1.165) is 6.42 Å². The minimum Gasteiger partial charge on any atom is -0.367 e. The topological polar surface area (TPSA) is 29.5 Å². The fraction of sp³-hybridized carbons (Fsp3) is 0.846. The number of hydrogen-bond donors (Lipinski definition) is 1. The van der Waals surface area contributed by atoms with Crippen LogP contribution in [-0.2, 0) is 4.74 Å². The first-order valence-electron chi connectivity index (χ1n) is 6.07. The number of aliphatic hydroxyl groups is 1. The molecule has 2 unspecified atom stereocenters. The molecule has 1 aliphatic rings. The van der Waals surface area contributed by atoms with Crippen LogP contribution in [0.2, 0.25) is 0 Å². The van der Waals surface area contributed by atoms with Gasteiger partial charge in [0, 0.05) is 5.92 Å². The molecule has 0 aromatic heterocycles.